The molecular formula is C18H21N3OS. The van der Waals surface area contributed by atoms with E-state index in [0.717, 1.165) is 52.8 Å². The van der Waals surface area contributed by atoms with Crippen molar-refractivity contribution in [3.63, 3.8) is 0 Å². The molecule has 0 saturated heterocycles. The molecule has 5 heteroatoms. The van der Waals surface area contributed by atoms with Gasteiger partial charge in [-0.15, -0.1) is 11.8 Å². The summed E-state index contributed by atoms with van der Waals surface area (Å²) in [5.41, 5.74) is 3.10. The number of hydrogen-bond acceptors (Lipinski definition) is 4. The number of hydrogen-bond donors (Lipinski definition) is 0. The maximum atomic E-state index is 5.71. The van der Waals surface area contributed by atoms with E-state index in [9.17, 15) is 0 Å². The van der Waals surface area contributed by atoms with Crippen LogP contribution in [-0.2, 0) is 0 Å². The molecule has 0 unspecified atom stereocenters. The second kappa shape index (κ2) is 7.51. The van der Waals surface area contributed by atoms with Gasteiger partial charge in [-0.1, -0.05) is 20.3 Å². The highest BCUT2D eigenvalue weighted by molar-refractivity contribution is 7.99. The van der Waals surface area contributed by atoms with E-state index in [1.54, 1.807) is 18.0 Å². The Labute approximate surface area is 140 Å². The van der Waals surface area contributed by atoms with Gasteiger partial charge < -0.3 is 4.74 Å². The number of ether oxygens (including phenoxy) is 1. The highest BCUT2D eigenvalue weighted by Gasteiger charge is 2.09. The van der Waals surface area contributed by atoms with Crippen molar-refractivity contribution in [1.82, 2.24) is 14.6 Å². The Hall–Kier alpha value is -2.01. The number of unbranched alkanes of at least 4 members (excludes halogenated alkanes) is 1. The number of aromatic nitrogens is 3. The lowest BCUT2D eigenvalue weighted by Gasteiger charge is -2.05. The minimum atomic E-state index is 0.771. The van der Waals surface area contributed by atoms with E-state index in [4.69, 9.17) is 4.74 Å². The van der Waals surface area contributed by atoms with Gasteiger partial charge in [0.25, 0.3) is 0 Å². The molecule has 0 amide bonds. The monoisotopic (exact) mass is 327 g/mol. The highest BCUT2D eigenvalue weighted by atomic mass is 32.2. The lowest BCUT2D eigenvalue weighted by molar-refractivity contribution is 0.309. The smallest absolute Gasteiger partial charge is 0.122 e. The molecule has 0 aliphatic carbocycles. The summed E-state index contributed by atoms with van der Waals surface area (Å²) in [6, 6.07) is 10.2. The van der Waals surface area contributed by atoms with Crippen molar-refractivity contribution < 1.29 is 4.74 Å². The first-order valence-corrected chi connectivity index (χ1v) is 9.00. The van der Waals surface area contributed by atoms with E-state index in [1.165, 1.54) is 0 Å². The molecule has 0 fully saturated rings. The second-order valence-electron chi connectivity index (χ2n) is 5.25. The van der Waals surface area contributed by atoms with Gasteiger partial charge in [-0.05, 0) is 42.5 Å². The van der Waals surface area contributed by atoms with Crippen LogP contribution >= 0.6 is 11.8 Å². The van der Waals surface area contributed by atoms with Gasteiger partial charge in [0.1, 0.15) is 10.8 Å². The average Bonchev–Trinajstić information content (AvgIpc) is 3.01. The summed E-state index contributed by atoms with van der Waals surface area (Å²) in [4.78, 5) is 4.44. The third-order valence-electron chi connectivity index (χ3n) is 3.55. The normalized spacial score (nSPS) is 11.0. The van der Waals surface area contributed by atoms with E-state index in [-0.39, 0.29) is 0 Å². The van der Waals surface area contributed by atoms with Crippen LogP contribution in [0.15, 0.2) is 47.8 Å². The zero-order chi connectivity index (χ0) is 16.1. The Bertz CT molecular complexity index is 768. The van der Waals surface area contributed by atoms with Crippen LogP contribution in [0.3, 0.4) is 0 Å². The van der Waals surface area contributed by atoms with Crippen LogP contribution in [0.2, 0.25) is 0 Å². The van der Waals surface area contributed by atoms with Crippen LogP contribution in [0, 0.1) is 0 Å². The van der Waals surface area contributed by atoms with Crippen molar-refractivity contribution in [2.45, 2.75) is 31.7 Å². The van der Waals surface area contributed by atoms with Crippen LogP contribution in [0.1, 0.15) is 26.7 Å². The lowest BCUT2D eigenvalue weighted by atomic mass is 10.1. The maximum absolute atomic E-state index is 5.71. The minimum absolute atomic E-state index is 0.771. The van der Waals surface area contributed by atoms with Crippen LogP contribution < -0.4 is 4.74 Å². The van der Waals surface area contributed by atoms with Crippen molar-refractivity contribution in [3.05, 3.63) is 42.7 Å². The van der Waals surface area contributed by atoms with Crippen molar-refractivity contribution in [2.24, 2.45) is 0 Å². The molecule has 0 N–H and O–H groups in total. The molecule has 0 aliphatic rings. The van der Waals surface area contributed by atoms with E-state index in [1.807, 2.05) is 22.8 Å². The Balaban J connectivity index is 1.84. The van der Waals surface area contributed by atoms with Gasteiger partial charge in [-0.3, -0.25) is 0 Å². The van der Waals surface area contributed by atoms with E-state index < -0.39 is 0 Å². The SMILES string of the molecule is CCCCOc1ccc(-c2cc3c(SCC)nccn3n2)cc1. The fourth-order valence-corrected chi connectivity index (χ4v) is 3.05. The highest BCUT2D eigenvalue weighted by Crippen LogP contribution is 2.26. The molecule has 3 aromatic rings. The zero-order valence-corrected chi connectivity index (χ0v) is 14.3. The fourth-order valence-electron chi connectivity index (χ4n) is 2.34. The molecule has 0 spiro atoms. The predicted molar refractivity (Wildman–Crippen MR) is 95.2 cm³/mol. The topological polar surface area (TPSA) is 39.4 Å². The van der Waals surface area contributed by atoms with Gasteiger partial charge in [-0.25, -0.2) is 9.50 Å². The second-order valence-corrected chi connectivity index (χ2v) is 6.50. The Kier molecular flexibility index (Phi) is 5.18. The molecule has 1 aromatic carbocycles. The first-order valence-electron chi connectivity index (χ1n) is 8.02. The predicted octanol–water partition coefficient (Wildman–Crippen LogP) is 4.69. The molecule has 4 nitrogen and oxygen atoms in total. The number of nitrogens with zero attached hydrogens (tertiary/aromatic N) is 3. The van der Waals surface area contributed by atoms with Crippen molar-refractivity contribution in [1.29, 1.82) is 0 Å². The Morgan fingerprint density at radius 1 is 1.17 bits per heavy atom. The zero-order valence-electron chi connectivity index (χ0n) is 13.5. The van der Waals surface area contributed by atoms with Crippen molar-refractivity contribution in [3.8, 4) is 17.0 Å². The fraction of sp³-hybridized carbons (Fsp3) is 0.333. The Morgan fingerprint density at radius 3 is 2.74 bits per heavy atom. The molecule has 120 valence electrons. The van der Waals surface area contributed by atoms with Crippen molar-refractivity contribution in [2.75, 3.05) is 12.4 Å². The van der Waals surface area contributed by atoms with Crippen LogP contribution in [-0.4, -0.2) is 27.0 Å². The molecule has 0 atom stereocenters. The first kappa shape index (κ1) is 15.9. The summed E-state index contributed by atoms with van der Waals surface area (Å²) < 4.78 is 7.60. The Morgan fingerprint density at radius 2 is 2.00 bits per heavy atom. The van der Waals surface area contributed by atoms with Gasteiger partial charge in [0.2, 0.25) is 0 Å². The van der Waals surface area contributed by atoms with Gasteiger partial charge in [0.15, 0.2) is 0 Å². The van der Waals surface area contributed by atoms with Gasteiger partial charge >= 0.3 is 0 Å². The molecule has 2 aromatic heterocycles. The van der Waals surface area contributed by atoms with Crippen LogP contribution in [0.4, 0.5) is 0 Å². The van der Waals surface area contributed by atoms with E-state index in [0.29, 0.717) is 0 Å². The summed E-state index contributed by atoms with van der Waals surface area (Å²) in [7, 11) is 0. The van der Waals surface area contributed by atoms with E-state index in [2.05, 4.69) is 42.1 Å². The molecule has 0 bridgehead atoms. The summed E-state index contributed by atoms with van der Waals surface area (Å²) in [6.07, 6.45) is 5.91. The van der Waals surface area contributed by atoms with E-state index >= 15 is 0 Å². The average molecular weight is 327 g/mol. The summed E-state index contributed by atoms with van der Waals surface area (Å²) in [6.45, 7) is 5.06. The number of benzene rings is 1. The molecule has 0 saturated carbocycles. The third-order valence-corrected chi connectivity index (χ3v) is 4.43. The van der Waals surface area contributed by atoms with Gasteiger partial charge in [-0.2, -0.15) is 5.10 Å². The minimum Gasteiger partial charge on any atom is -0.494 e. The largest absolute Gasteiger partial charge is 0.494 e. The molecule has 2 heterocycles. The molecule has 0 aliphatic heterocycles. The van der Waals surface area contributed by atoms with Crippen LogP contribution in [0.25, 0.3) is 16.8 Å². The number of rotatable bonds is 7. The summed E-state index contributed by atoms with van der Waals surface area (Å²) in [5, 5.41) is 5.68. The summed E-state index contributed by atoms with van der Waals surface area (Å²) >= 11 is 1.73. The summed E-state index contributed by atoms with van der Waals surface area (Å²) in [5.74, 6) is 1.91. The van der Waals surface area contributed by atoms with Gasteiger partial charge in [0.05, 0.1) is 17.8 Å². The third kappa shape index (κ3) is 3.67. The molecule has 23 heavy (non-hydrogen) atoms. The molecule has 3 rings (SSSR count). The molecular weight excluding hydrogens is 306 g/mol. The standard InChI is InChI=1S/C18H21N3OS/c1-3-5-12-22-15-8-6-14(7-9-15)16-13-17-18(23-4-2)19-10-11-21(17)20-16/h6-11,13H,3-5,12H2,1-2H3. The quantitative estimate of drug-likeness (QED) is 0.466. The van der Waals surface area contributed by atoms with Crippen molar-refractivity contribution >= 4 is 17.3 Å². The first-order chi connectivity index (χ1) is 11.3. The number of fused-ring (bicyclic) bond motifs is 1. The maximum Gasteiger partial charge on any atom is 0.122 e. The number of thioether (sulfide) groups is 1. The van der Waals surface area contributed by atoms with Crippen LogP contribution in [0.5, 0.6) is 5.75 Å². The molecule has 0 radical (unpaired) electrons. The lowest BCUT2D eigenvalue weighted by Crippen LogP contribution is -1.96. The van der Waals surface area contributed by atoms with Gasteiger partial charge in [0, 0.05) is 18.0 Å².